The van der Waals surface area contributed by atoms with Gasteiger partial charge in [-0.25, -0.2) is 0 Å². The molecule has 100 valence electrons. The highest BCUT2D eigenvalue weighted by atomic mass is 16.5. The van der Waals surface area contributed by atoms with E-state index in [0.717, 1.165) is 11.3 Å². The molecule has 0 radical (unpaired) electrons. The van der Waals surface area contributed by atoms with Crippen LogP contribution < -0.4 is 4.74 Å². The molecule has 1 aromatic heterocycles. The summed E-state index contributed by atoms with van der Waals surface area (Å²) in [6.07, 6.45) is 3.27. The van der Waals surface area contributed by atoms with Crippen LogP contribution in [0.15, 0.2) is 36.7 Å². The van der Waals surface area contributed by atoms with Gasteiger partial charge in [-0.15, -0.1) is 0 Å². The van der Waals surface area contributed by atoms with Crippen LogP contribution in [-0.4, -0.2) is 10.1 Å². The molecule has 1 aromatic carbocycles. The molecule has 0 unspecified atom stereocenters. The molecule has 0 fully saturated rings. The molecule has 3 nitrogen and oxygen atoms in total. The van der Waals surface area contributed by atoms with Gasteiger partial charge >= 0.3 is 0 Å². The third-order valence-corrected chi connectivity index (χ3v) is 3.13. The van der Waals surface area contributed by atoms with E-state index in [2.05, 4.69) is 31.8 Å². The Morgan fingerprint density at radius 2 is 2.05 bits per heavy atom. The van der Waals surface area contributed by atoms with Crippen LogP contribution in [0.5, 0.6) is 11.5 Å². The number of nitrogens with zero attached hydrogens (tertiary/aromatic N) is 1. The Labute approximate surface area is 113 Å². The highest BCUT2D eigenvalue weighted by Crippen LogP contribution is 2.28. The van der Waals surface area contributed by atoms with Gasteiger partial charge in [-0.3, -0.25) is 4.98 Å². The predicted octanol–water partition coefficient (Wildman–Crippen LogP) is 3.80. The molecule has 0 amide bonds. The van der Waals surface area contributed by atoms with Crippen LogP contribution in [0.2, 0.25) is 0 Å². The summed E-state index contributed by atoms with van der Waals surface area (Å²) < 4.78 is 5.79. The second-order valence-corrected chi connectivity index (χ2v) is 4.92. The van der Waals surface area contributed by atoms with E-state index in [0.29, 0.717) is 11.7 Å². The van der Waals surface area contributed by atoms with Crippen LogP contribution in [0.3, 0.4) is 0 Å². The SMILES string of the molecule is Cc1cc(Oc2cnccc2CO)ccc1C(C)C. The van der Waals surface area contributed by atoms with Crippen molar-refractivity contribution in [3.63, 3.8) is 0 Å². The quantitative estimate of drug-likeness (QED) is 0.906. The van der Waals surface area contributed by atoms with Crippen LogP contribution in [0.4, 0.5) is 0 Å². The summed E-state index contributed by atoms with van der Waals surface area (Å²) in [6.45, 7) is 6.38. The summed E-state index contributed by atoms with van der Waals surface area (Å²) in [5.74, 6) is 1.87. The van der Waals surface area contributed by atoms with Crippen molar-refractivity contribution in [3.05, 3.63) is 53.3 Å². The Bertz CT molecular complexity index is 564. The fraction of sp³-hybridized carbons (Fsp3) is 0.312. The van der Waals surface area contributed by atoms with Gasteiger partial charge in [-0.05, 0) is 42.2 Å². The molecular formula is C16H19NO2. The van der Waals surface area contributed by atoms with Gasteiger partial charge in [0.15, 0.2) is 5.75 Å². The molecular weight excluding hydrogens is 238 g/mol. The molecule has 0 atom stereocenters. The van der Waals surface area contributed by atoms with Crippen molar-refractivity contribution in [2.45, 2.75) is 33.3 Å². The first-order chi connectivity index (χ1) is 9.11. The molecule has 0 saturated carbocycles. The maximum atomic E-state index is 9.26. The smallest absolute Gasteiger partial charge is 0.151 e. The molecule has 1 heterocycles. The van der Waals surface area contributed by atoms with Crippen molar-refractivity contribution in [2.24, 2.45) is 0 Å². The highest BCUT2D eigenvalue weighted by Gasteiger charge is 2.07. The first kappa shape index (κ1) is 13.6. The summed E-state index contributed by atoms with van der Waals surface area (Å²) in [7, 11) is 0. The van der Waals surface area contributed by atoms with Gasteiger partial charge in [0.1, 0.15) is 5.75 Å². The third-order valence-electron chi connectivity index (χ3n) is 3.13. The van der Waals surface area contributed by atoms with Gasteiger partial charge in [0.05, 0.1) is 12.8 Å². The fourth-order valence-corrected chi connectivity index (χ4v) is 2.12. The van der Waals surface area contributed by atoms with Gasteiger partial charge in [0.25, 0.3) is 0 Å². The standard InChI is InChI=1S/C16H19NO2/c1-11(2)15-5-4-14(8-12(15)3)19-16-9-17-7-6-13(16)10-18/h4-9,11,18H,10H2,1-3H3. The van der Waals surface area contributed by atoms with Gasteiger partial charge in [-0.2, -0.15) is 0 Å². The number of aliphatic hydroxyl groups excluding tert-OH is 1. The average molecular weight is 257 g/mol. The molecule has 19 heavy (non-hydrogen) atoms. The number of aromatic nitrogens is 1. The van der Waals surface area contributed by atoms with E-state index >= 15 is 0 Å². The van der Waals surface area contributed by atoms with Crippen molar-refractivity contribution in [2.75, 3.05) is 0 Å². The van der Waals surface area contributed by atoms with E-state index in [1.54, 1.807) is 18.5 Å². The Hall–Kier alpha value is -1.87. The highest BCUT2D eigenvalue weighted by molar-refractivity contribution is 5.40. The maximum absolute atomic E-state index is 9.26. The molecule has 0 aliphatic carbocycles. The summed E-state index contributed by atoms with van der Waals surface area (Å²) in [5.41, 5.74) is 3.27. The minimum Gasteiger partial charge on any atom is -0.455 e. The Morgan fingerprint density at radius 1 is 1.26 bits per heavy atom. The third kappa shape index (κ3) is 3.12. The largest absolute Gasteiger partial charge is 0.455 e. The molecule has 0 aliphatic heterocycles. The lowest BCUT2D eigenvalue weighted by Crippen LogP contribution is -1.95. The van der Waals surface area contributed by atoms with Crippen molar-refractivity contribution < 1.29 is 9.84 Å². The number of rotatable bonds is 4. The summed E-state index contributed by atoms with van der Waals surface area (Å²) in [6, 6.07) is 7.81. The number of hydrogen-bond acceptors (Lipinski definition) is 3. The summed E-state index contributed by atoms with van der Waals surface area (Å²) in [4.78, 5) is 4.02. The van der Waals surface area contributed by atoms with Crippen molar-refractivity contribution in [3.8, 4) is 11.5 Å². The molecule has 2 rings (SSSR count). The zero-order valence-corrected chi connectivity index (χ0v) is 11.6. The van der Waals surface area contributed by atoms with E-state index < -0.39 is 0 Å². The zero-order chi connectivity index (χ0) is 13.8. The minimum absolute atomic E-state index is 0.0546. The lowest BCUT2D eigenvalue weighted by molar-refractivity contribution is 0.276. The molecule has 0 saturated heterocycles. The van der Waals surface area contributed by atoms with Crippen LogP contribution in [-0.2, 0) is 6.61 Å². The fourth-order valence-electron chi connectivity index (χ4n) is 2.12. The molecule has 1 N–H and O–H groups in total. The number of aliphatic hydroxyl groups is 1. The van der Waals surface area contributed by atoms with Crippen LogP contribution in [0.1, 0.15) is 36.5 Å². The number of ether oxygens (including phenoxy) is 1. The average Bonchev–Trinajstić information content (AvgIpc) is 2.39. The maximum Gasteiger partial charge on any atom is 0.151 e. The minimum atomic E-state index is -0.0546. The number of pyridine rings is 1. The van der Waals surface area contributed by atoms with Crippen LogP contribution in [0.25, 0.3) is 0 Å². The first-order valence-electron chi connectivity index (χ1n) is 6.44. The molecule has 0 spiro atoms. The Kier molecular flexibility index (Phi) is 4.17. The van der Waals surface area contributed by atoms with E-state index in [1.165, 1.54) is 11.1 Å². The Morgan fingerprint density at radius 3 is 2.68 bits per heavy atom. The van der Waals surface area contributed by atoms with Crippen LogP contribution in [0, 0.1) is 6.92 Å². The molecule has 0 bridgehead atoms. The monoisotopic (exact) mass is 257 g/mol. The zero-order valence-electron chi connectivity index (χ0n) is 11.6. The number of hydrogen-bond donors (Lipinski definition) is 1. The second kappa shape index (κ2) is 5.85. The number of aryl methyl sites for hydroxylation is 1. The van der Waals surface area contributed by atoms with E-state index in [4.69, 9.17) is 4.74 Å². The lowest BCUT2D eigenvalue weighted by atomic mass is 9.98. The van der Waals surface area contributed by atoms with Gasteiger partial charge in [-0.1, -0.05) is 19.9 Å². The van der Waals surface area contributed by atoms with E-state index in [-0.39, 0.29) is 6.61 Å². The summed E-state index contributed by atoms with van der Waals surface area (Å²) in [5, 5.41) is 9.26. The summed E-state index contributed by atoms with van der Waals surface area (Å²) >= 11 is 0. The lowest BCUT2D eigenvalue weighted by Gasteiger charge is -2.13. The first-order valence-corrected chi connectivity index (χ1v) is 6.44. The van der Waals surface area contributed by atoms with Gasteiger partial charge in [0, 0.05) is 11.8 Å². The van der Waals surface area contributed by atoms with Crippen molar-refractivity contribution >= 4 is 0 Å². The van der Waals surface area contributed by atoms with Crippen molar-refractivity contribution in [1.29, 1.82) is 0 Å². The predicted molar refractivity (Wildman–Crippen MR) is 75.5 cm³/mol. The Balaban J connectivity index is 2.26. The van der Waals surface area contributed by atoms with Crippen LogP contribution >= 0.6 is 0 Å². The molecule has 3 heteroatoms. The molecule has 2 aromatic rings. The van der Waals surface area contributed by atoms with E-state index in [1.807, 2.05) is 12.1 Å². The molecule has 0 aliphatic rings. The number of benzene rings is 1. The van der Waals surface area contributed by atoms with E-state index in [9.17, 15) is 5.11 Å². The van der Waals surface area contributed by atoms with Gasteiger partial charge in [0.2, 0.25) is 0 Å². The van der Waals surface area contributed by atoms with Gasteiger partial charge < -0.3 is 9.84 Å². The normalized spacial score (nSPS) is 10.8. The second-order valence-electron chi connectivity index (χ2n) is 4.92. The topological polar surface area (TPSA) is 42.4 Å². The van der Waals surface area contributed by atoms with Crippen molar-refractivity contribution in [1.82, 2.24) is 4.98 Å².